The van der Waals surface area contributed by atoms with Gasteiger partial charge in [0.1, 0.15) is 0 Å². The molecule has 0 aliphatic heterocycles. The second kappa shape index (κ2) is 13.6. The first kappa shape index (κ1) is 19.6. The molecule has 2 nitrogen and oxygen atoms in total. The van der Waals surface area contributed by atoms with E-state index in [1.54, 1.807) is 0 Å². The van der Waals surface area contributed by atoms with E-state index in [4.69, 9.17) is 15.0 Å². The first-order valence-electron chi connectivity index (χ1n) is 6.91. The standard InChI is InChI=1S/C12H27O2PS2.Mo/c1-2-3-4-5-6-7-8-9-10-11-12-17-15(13,14)16;/h2-12H2,1H3,(H2,13,14,16);/q;+1/p-1. The van der Waals surface area contributed by atoms with Crippen molar-refractivity contribution < 1.29 is 28.3 Å². The molecule has 0 aliphatic rings. The molecule has 0 bridgehead atoms. The zero-order chi connectivity index (χ0) is 13.7. The van der Waals surface area contributed by atoms with Crippen molar-refractivity contribution in [3.05, 3.63) is 0 Å². The minimum atomic E-state index is -2.50. The van der Waals surface area contributed by atoms with Crippen molar-refractivity contribution in [3.8, 4) is 0 Å². The van der Waals surface area contributed by atoms with Crippen molar-refractivity contribution >= 4 is 28.9 Å². The molecule has 1 N–H and O–H groups in total. The molecule has 0 amide bonds. The second-order valence-corrected chi connectivity index (χ2v) is 11.8. The molecule has 0 aromatic rings. The van der Waals surface area contributed by atoms with Gasteiger partial charge >= 0.3 is 114 Å². The van der Waals surface area contributed by atoms with Gasteiger partial charge in [0.15, 0.2) is 0 Å². The molecule has 6 heteroatoms. The van der Waals surface area contributed by atoms with Gasteiger partial charge in [-0.25, -0.2) is 0 Å². The third-order valence-corrected chi connectivity index (χ3v) is 9.86. The Kier molecular flexibility index (Phi) is 14.8. The number of hydrogen-bond donors (Lipinski definition) is 1. The van der Waals surface area contributed by atoms with Crippen LogP contribution >= 0.6 is 17.1 Å². The van der Waals surface area contributed by atoms with Gasteiger partial charge in [0.05, 0.1) is 0 Å². The van der Waals surface area contributed by atoms with Gasteiger partial charge in [-0.05, 0) is 0 Å². The van der Waals surface area contributed by atoms with Crippen molar-refractivity contribution in [3.63, 3.8) is 0 Å². The molecule has 0 aliphatic carbocycles. The third-order valence-electron chi connectivity index (χ3n) is 2.85. The molecule has 0 aromatic heterocycles. The van der Waals surface area contributed by atoms with E-state index in [-0.39, 0.29) is 0 Å². The molecule has 1 atom stereocenters. The van der Waals surface area contributed by atoms with E-state index < -0.39 is 5.69 Å². The zero-order valence-corrected chi connectivity index (χ0v) is 15.8. The molecule has 0 heterocycles. The van der Waals surface area contributed by atoms with Crippen molar-refractivity contribution in [1.29, 1.82) is 0 Å². The Bertz CT molecular complexity index is 230. The summed E-state index contributed by atoms with van der Waals surface area (Å²) in [6, 6.07) is 0. The van der Waals surface area contributed by atoms with Crippen LogP contribution in [0.1, 0.15) is 71.1 Å². The summed E-state index contributed by atoms with van der Waals surface area (Å²) >= 11 is 7.77. The van der Waals surface area contributed by atoms with E-state index >= 15 is 0 Å². The Morgan fingerprint density at radius 2 is 1.44 bits per heavy atom. The maximum absolute atomic E-state index is 9.54. The summed E-state index contributed by atoms with van der Waals surface area (Å²) < 4.78 is 4.88. The molecule has 18 heavy (non-hydrogen) atoms. The molecule has 0 fully saturated rings. The van der Waals surface area contributed by atoms with Gasteiger partial charge in [-0.3, -0.25) is 0 Å². The van der Waals surface area contributed by atoms with Gasteiger partial charge < -0.3 is 0 Å². The van der Waals surface area contributed by atoms with Crippen LogP contribution in [0.25, 0.3) is 0 Å². The summed E-state index contributed by atoms with van der Waals surface area (Å²) in [5.74, 6) is 0.930. The normalized spacial score (nSPS) is 14.6. The van der Waals surface area contributed by atoms with Crippen molar-refractivity contribution in [1.82, 2.24) is 0 Å². The van der Waals surface area contributed by atoms with E-state index in [9.17, 15) is 4.89 Å². The van der Waals surface area contributed by atoms with Crippen molar-refractivity contribution in [2.75, 3.05) is 5.75 Å². The average molecular weight is 393 g/mol. The minimum absolute atomic E-state index is 0.930. The summed E-state index contributed by atoms with van der Waals surface area (Å²) in [4.78, 5) is 9.54. The van der Waals surface area contributed by atoms with E-state index in [2.05, 4.69) is 6.92 Å². The van der Waals surface area contributed by atoms with Gasteiger partial charge in [-0.1, -0.05) is 19.8 Å². The van der Waals surface area contributed by atoms with Crippen LogP contribution in [0, 0.1) is 0 Å². The van der Waals surface area contributed by atoms with Crippen LogP contribution in [0.2, 0.25) is 0 Å². The van der Waals surface area contributed by atoms with E-state index in [0.29, 0.717) is 0 Å². The Morgan fingerprint density at radius 1 is 1.00 bits per heavy atom. The summed E-state index contributed by atoms with van der Waals surface area (Å²) in [5.41, 5.74) is -2.50. The molecular formula is C12H26MoO2PS2. The summed E-state index contributed by atoms with van der Waals surface area (Å²) in [6.07, 6.45) is 13.4. The molecule has 1 unspecified atom stereocenters. The van der Waals surface area contributed by atoms with Crippen molar-refractivity contribution in [2.24, 2.45) is 0 Å². The predicted molar refractivity (Wildman–Crippen MR) is 81.9 cm³/mol. The van der Waals surface area contributed by atoms with Crippen LogP contribution in [0.3, 0.4) is 0 Å². The summed E-state index contributed by atoms with van der Waals surface area (Å²) in [6.45, 7) is 2.26. The summed E-state index contributed by atoms with van der Waals surface area (Å²) in [5, 5.41) is 0. The van der Waals surface area contributed by atoms with Crippen LogP contribution in [0.15, 0.2) is 0 Å². The van der Waals surface area contributed by atoms with E-state index in [1.807, 2.05) is 0 Å². The van der Waals surface area contributed by atoms with Crippen LogP contribution in [-0.4, -0.2) is 10.6 Å². The molecule has 0 aromatic carbocycles. The Labute approximate surface area is 133 Å². The number of hydrogen-bond acceptors (Lipinski definition) is 3. The van der Waals surface area contributed by atoms with Crippen molar-refractivity contribution in [2.45, 2.75) is 71.1 Å². The Balaban J connectivity index is 3.10. The Morgan fingerprint density at radius 3 is 1.89 bits per heavy atom. The number of rotatable bonds is 13. The molecule has 0 saturated heterocycles. The van der Waals surface area contributed by atoms with Crippen LogP contribution in [0.4, 0.5) is 0 Å². The fraction of sp³-hybridized carbons (Fsp3) is 1.00. The predicted octanol–water partition coefficient (Wildman–Crippen LogP) is 5.34. The molecule has 0 spiro atoms. The van der Waals surface area contributed by atoms with Gasteiger partial charge in [0, 0.05) is 0 Å². The summed E-state index contributed by atoms with van der Waals surface area (Å²) in [7, 11) is 0. The van der Waals surface area contributed by atoms with Crippen LogP contribution < -0.4 is 0 Å². The molecule has 0 rings (SSSR count). The van der Waals surface area contributed by atoms with Crippen LogP contribution in [-0.2, 0) is 35.2 Å². The zero-order valence-electron chi connectivity index (χ0n) is 11.3. The first-order chi connectivity index (χ1) is 8.62. The van der Waals surface area contributed by atoms with E-state index in [0.717, 1.165) is 12.2 Å². The molecule has 109 valence electrons. The monoisotopic (exact) mass is 395 g/mol. The van der Waals surface area contributed by atoms with Gasteiger partial charge in [0.25, 0.3) is 0 Å². The van der Waals surface area contributed by atoms with E-state index in [1.165, 1.54) is 89.4 Å². The van der Waals surface area contributed by atoms with Crippen LogP contribution in [0.5, 0.6) is 0 Å². The van der Waals surface area contributed by atoms with Gasteiger partial charge in [0.2, 0.25) is 0 Å². The van der Waals surface area contributed by atoms with Gasteiger partial charge in [-0.15, -0.1) is 0 Å². The topological polar surface area (TPSA) is 29.5 Å². The first-order valence-corrected chi connectivity index (χ1v) is 12.0. The SMILES string of the molecule is CCCCCCCCCCCCSP(O)(=S)[O][Mo]. The third kappa shape index (κ3) is 14.0. The second-order valence-electron chi connectivity index (χ2n) is 4.56. The quantitative estimate of drug-likeness (QED) is 0.260. The fourth-order valence-electron chi connectivity index (χ4n) is 1.79. The van der Waals surface area contributed by atoms with Gasteiger partial charge in [-0.2, -0.15) is 0 Å². The number of unbranched alkanes of at least 4 members (excludes halogenated alkanes) is 9. The average Bonchev–Trinajstić information content (AvgIpc) is 2.36. The Hall–Kier alpha value is 1.61. The maximum atomic E-state index is 9.54. The molecule has 0 saturated carbocycles. The fourth-order valence-corrected chi connectivity index (χ4v) is 5.23. The molecular weight excluding hydrogens is 367 g/mol. The molecule has 0 radical (unpaired) electrons.